The number of hydrogen-bond acceptors (Lipinski definition) is 3. The summed E-state index contributed by atoms with van der Waals surface area (Å²) < 4.78 is 0. The van der Waals surface area contributed by atoms with Gasteiger partial charge in [0.25, 0.3) is 0 Å². The number of nitrogens with zero attached hydrogens (tertiary/aromatic N) is 1. The summed E-state index contributed by atoms with van der Waals surface area (Å²) in [6.07, 6.45) is 1.35. The Bertz CT molecular complexity index is 198. The van der Waals surface area contributed by atoms with Crippen molar-refractivity contribution in [3.8, 4) is 0 Å². The lowest BCUT2D eigenvalue weighted by molar-refractivity contribution is 0.0518. The molecule has 0 aromatic heterocycles. The van der Waals surface area contributed by atoms with Gasteiger partial charge in [-0.3, -0.25) is 4.90 Å². The molecule has 2 aliphatic heterocycles. The molecule has 0 aromatic carbocycles. The molecule has 0 amide bonds. The summed E-state index contributed by atoms with van der Waals surface area (Å²) in [7, 11) is 0. The fraction of sp³-hybridized carbons (Fsp3) is 1.00. The first-order chi connectivity index (χ1) is 6.68. The van der Waals surface area contributed by atoms with Crippen molar-refractivity contribution < 1.29 is 0 Å². The minimum atomic E-state index is 0.374. The fourth-order valence-corrected chi connectivity index (χ4v) is 3.74. The SMILES string of the molecule is CC1CCN(C2(CN)CSC2)CC1C. The zero-order chi connectivity index (χ0) is 10.2. The smallest absolute Gasteiger partial charge is 0.0512 e. The van der Waals surface area contributed by atoms with Gasteiger partial charge in [0.05, 0.1) is 5.54 Å². The van der Waals surface area contributed by atoms with Gasteiger partial charge in [-0.1, -0.05) is 13.8 Å². The Labute approximate surface area is 91.6 Å². The van der Waals surface area contributed by atoms with Crippen molar-refractivity contribution in [1.82, 2.24) is 4.90 Å². The fourth-order valence-electron chi connectivity index (χ4n) is 2.46. The van der Waals surface area contributed by atoms with Crippen molar-refractivity contribution in [1.29, 1.82) is 0 Å². The third kappa shape index (κ3) is 1.70. The topological polar surface area (TPSA) is 29.3 Å². The summed E-state index contributed by atoms with van der Waals surface area (Å²) in [5, 5.41) is 0. The summed E-state index contributed by atoms with van der Waals surface area (Å²) >= 11 is 2.04. The molecule has 2 saturated heterocycles. The molecule has 0 bridgehead atoms. The molecule has 0 spiro atoms. The molecule has 2 nitrogen and oxygen atoms in total. The lowest BCUT2D eigenvalue weighted by Crippen LogP contribution is -2.65. The summed E-state index contributed by atoms with van der Waals surface area (Å²) in [5.41, 5.74) is 6.30. The third-order valence-electron chi connectivity index (χ3n) is 4.13. The van der Waals surface area contributed by atoms with Crippen LogP contribution in [0.3, 0.4) is 0 Å². The van der Waals surface area contributed by atoms with E-state index in [1.165, 1.54) is 31.0 Å². The molecule has 0 aliphatic carbocycles. The molecule has 2 heterocycles. The lowest BCUT2D eigenvalue weighted by atomic mass is 9.85. The Kier molecular flexibility index (Phi) is 3.10. The minimum absolute atomic E-state index is 0.374. The number of rotatable bonds is 2. The molecule has 2 unspecified atom stereocenters. The van der Waals surface area contributed by atoms with Crippen molar-refractivity contribution in [2.75, 3.05) is 31.1 Å². The second kappa shape index (κ2) is 4.03. The molecule has 14 heavy (non-hydrogen) atoms. The quantitative estimate of drug-likeness (QED) is 0.753. The normalized spacial score (nSPS) is 37.9. The predicted octanol–water partition coefficient (Wildman–Crippen LogP) is 1.41. The van der Waals surface area contributed by atoms with Crippen LogP contribution in [0.5, 0.6) is 0 Å². The molecular weight excluding hydrogens is 192 g/mol. The Hall–Kier alpha value is 0.270. The average molecular weight is 214 g/mol. The molecule has 2 fully saturated rings. The van der Waals surface area contributed by atoms with Gasteiger partial charge in [-0.25, -0.2) is 0 Å². The van der Waals surface area contributed by atoms with E-state index in [0.717, 1.165) is 18.4 Å². The maximum Gasteiger partial charge on any atom is 0.0512 e. The second-order valence-electron chi connectivity index (χ2n) is 5.11. The van der Waals surface area contributed by atoms with Gasteiger partial charge in [0.2, 0.25) is 0 Å². The largest absolute Gasteiger partial charge is 0.329 e. The number of hydrogen-bond donors (Lipinski definition) is 1. The molecule has 82 valence electrons. The van der Waals surface area contributed by atoms with E-state index in [1.807, 2.05) is 11.8 Å². The number of likely N-dealkylation sites (tertiary alicyclic amines) is 1. The Morgan fingerprint density at radius 1 is 1.36 bits per heavy atom. The van der Waals surface area contributed by atoms with Crippen molar-refractivity contribution >= 4 is 11.8 Å². The van der Waals surface area contributed by atoms with Gasteiger partial charge < -0.3 is 5.73 Å². The zero-order valence-corrected chi connectivity index (χ0v) is 10.1. The molecule has 0 aromatic rings. The highest BCUT2D eigenvalue weighted by Gasteiger charge is 2.43. The summed E-state index contributed by atoms with van der Waals surface area (Å²) in [6.45, 7) is 8.14. The van der Waals surface area contributed by atoms with Crippen molar-refractivity contribution in [2.24, 2.45) is 17.6 Å². The van der Waals surface area contributed by atoms with Crippen LogP contribution in [0.2, 0.25) is 0 Å². The Balaban J connectivity index is 1.98. The number of thioether (sulfide) groups is 1. The monoisotopic (exact) mass is 214 g/mol. The maximum absolute atomic E-state index is 5.92. The van der Waals surface area contributed by atoms with E-state index in [0.29, 0.717) is 5.54 Å². The summed E-state index contributed by atoms with van der Waals surface area (Å²) in [4.78, 5) is 2.66. The molecule has 2 N–H and O–H groups in total. The van der Waals surface area contributed by atoms with E-state index in [-0.39, 0.29) is 0 Å². The highest BCUT2D eigenvalue weighted by Crippen LogP contribution is 2.37. The first kappa shape index (κ1) is 10.8. The lowest BCUT2D eigenvalue weighted by Gasteiger charge is -2.52. The number of piperidine rings is 1. The van der Waals surface area contributed by atoms with Crippen LogP contribution in [0.1, 0.15) is 20.3 Å². The van der Waals surface area contributed by atoms with E-state index >= 15 is 0 Å². The Morgan fingerprint density at radius 3 is 2.50 bits per heavy atom. The first-order valence-electron chi connectivity index (χ1n) is 5.71. The van der Waals surface area contributed by atoms with Crippen LogP contribution >= 0.6 is 11.8 Å². The van der Waals surface area contributed by atoms with E-state index in [4.69, 9.17) is 5.73 Å². The average Bonchev–Trinajstić information content (AvgIpc) is 2.10. The third-order valence-corrected chi connectivity index (χ3v) is 5.61. The number of nitrogens with two attached hydrogens (primary N) is 1. The van der Waals surface area contributed by atoms with Crippen LogP contribution < -0.4 is 5.73 Å². The molecule has 2 atom stereocenters. The van der Waals surface area contributed by atoms with Gasteiger partial charge in [0.15, 0.2) is 0 Å². The summed E-state index contributed by atoms with van der Waals surface area (Å²) in [6, 6.07) is 0. The van der Waals surface area contributed by atoms with Gasteiger partial charge in [0, 0.05) is 24.6 Å². The summed E-state index contributed by atoms with van der Waals surface area (Å²) in [5.74, 6) is 4.25. The van der Waals surface area contributed by atoms with Crippen LogP contribution in [0.25, 0.3) is 0 Å². The van der Waals surface area contributed by atoms with Gasteiger partial charge in [-0.15, -0.1) is 0 Å². The van der Waals surface area contributed by atoms with Crippen LogP contribution in [-0.4, -0.2) is 41.6 Å². The first-order valence-corrected chi connectivity index (χ1v) is 6.86. The molecule has 2 rings (SSSR count). The predicted molar refractivity (Wildman–Crippen MR) is 63.6 cm³/mol. The van der Waals surface area contributed by atoms with E-state index < -0.39 is 0 Å². The van der Waals surface area contributed by atoms with Crippen molar-refractivity contribution in [3.05, 3.63) is 0 Å². The van der Waals surface area contributed by atoms with Gasteiger partial charge in [-0.05, 0) is 24.8 Å². The van der Waals surface area contributed by atoms with Gasteiger partial charge in [0.1, 0.15) is 0 Å². The van der Waals surface area contributed by atoms with E-state index in [2.05, 4.69) is 18.7 Å². The van der Waals surface area contributed by atoms with Crippen molar-refractivity contribution in [3.63, 3.8) is 0 Å². The van der Waals surface area contributed by atoms with Crippen LogP contribution in [0.4, 0.5) is 0 Å². The second-order valence-corrected chi connectivity index (χ2v) is 6.10. The molecule has 3 heteroatoms. The van der Waals surface area contributed by atoms with Gasteiger partial charge >= 0.3 is 0 Å². The Morgan fingerprint density at radius 2 is 2.07 bits per heavy atom. The standard InChI is InChI=1S/C11H22N2S/c1-9-3-4-13(5-10(9)2)11(6-12)7-14-8-11/h9-10H,3-8,12H2,1-2H3. The maximum atomic E-state index is 5.92. The van der Waals surface area contributed by atoms with Crippen molar-refractivity contribution in [2.45, 2.75) is 25.8 Å². The van der Waals surface area contributed by atoms with Crippen LogP contribution in [0.15, 0.2) is 0 Å². The van der Waals surface area contributed by atoms with Crippen LogP contribution in [-0.2, 0) is 0 Å². The zero-order valence-electron chi connectivity index (χ0n) is 9.33. The van der Waals surface area contributed by atoms with Crippen LogP contribution in [0, 0.1) is 11.8 Å². The molecule has 0 saturated carbocycles. The van der Waals surface area contributed by atoms with Gasteiger partial charge in [-0.2, -0.15) is 11.8 Å². The highest BCUT2D eigenvalue weighted by molar-refractivity contribution is 8.00. The molecule has 0 radical (unpaired) electrons. The molecular formula is C11H22N2S. The highest BCUT2D eigenvalue weighted by atomic mass is 32.2. The van der Waals surface area contributed by atoms with E-state index in [1.54, 1.807) is 0 Å². The molecule has 2 aliphatic rings. The minimum Gasteiger partial charge on any atom is -0.329 e. The van der Waals surface area contributed by atoms with E-state index in [9.17, 15) is 0 Å².